The molecule has 0 fully saturated rings. The van der Waals surface area contributed by atoms with Crippen LogP contribution in [0.15, 0.2) is 0 Å². The van der Waals surface area contributed by atoms with Gasteiger partial charge in [0, 0.05) is 6.42 Å². The van der Waals surface area contributed by atoms with Gasteiger partial charge in [-0.05, 0) is 6.42 Å². The molecular weight excluding hydrogens is 109 g/mol. The standard InChI is InChI=1S/C5H8FNO/c6-5(4-8)2-1-3-7/h5,8H,1-2,4H2/t5-/m1/s1. The summed E-state index contributed by atoms with van der Waals surface area (Å²) in [5, 5.41) is 16.0. The highest BCUT2D eigenvalue weighted by Gasteiger charge is 2.01. The molecule has 0 rings (SSSR count). The SMILES string of the molecule is N#CCC[C@@H](F)CO. The number of aliphatic hydroxyl groups excluding tert-OH is 1. The van der Waals surface area contributed by atoms with Crippen molar-refractivity contribution in [1.29, 1.82) is 5.26 Å². The predicted molar refractivity (Wildman–Crippen MR) is 26.8 cm³/mol. The maximum Gasteiger partial charge on any atom is 0.124 e. The Hall–Kier alpha value is -0.620. The van der Waals surface area contributed by atoms with Gasteiger partial charge in [-0.1, -0.05) is 0 Å². The molecule has 3 heteroatoms. The van der Waals surface area contributed by atoms with Crippen molar-refractivity contribution >= 4 is 0 Å². The van der Waals surface area contributed by atoms with Crippen LogP contribution in [0, 0.1) is 11.3 Å². The average Bonchev–Trinajstić information content (AvgIpc) is 1.83. The molecule has 0 aromatic heterocycles. The predicted octanol–water partition coefficient (Wildman–Crippen LogP) is 0.621. The molecule has 0 aromatic carbocycles. The molecule has 0 saturated carbocycles. The first-order valence-corrected chi connectivity index (χ1v) is 2.43. The number of hydrogen-bond donors (Lipinski definition) is 1. The zero-order chi connectivity index (χ0) is 6.41. The van der Waals surface area contributed by atoms with Crippen LogP contribution in [-0.4, -0.2) is 17.9 Å². The van der Waals surface area contributed by atoms with Gasteiger partial charge in [0.05, 0.1) is 12.7 Å². The quantitative estimate of drug-likeness (QED) is 0.588. The molecule has 1 N–H and O–H groups in total. The van der Waals surface area contributed by atoms with Gasteiger partial charge in [0.2, 0.25) is 0 Å². The zero-order valence-electron chi connectivity index (χ0n) is 4.47. The maximum absolute atomic E-state index is 11.9. The number of nitriles is 1. The Morgan fingerprint density at radius 1 is 1.75 bits per heavy atom. The van der Waals surface area contributed by atoms with Crippen LogP contribution in [0.5, 0.6) is 0 Å². The second-order valence-electron chi connectivity index (χ2n) is 1.48. The Morgan fingerprint density at radius 3 is 2.75 bits per heavy atom. The van der Waals surface area contributed by atoms with E-state index in [9.17, 15) is 4.39 Å². The van der Waals surface area contributed by atoms with Crippen molar-refractivity contribution in [1.82, 2.24) is 0 Å². The molecule has 0 aliphatic rings. The van der Waals surface area contributed by atoms with Crippen LogP contribution in [0.25, 0.3) is 0 Å². The van der Waals surface area contributed by atoms with E-state index in [4.69, 9.17) is 10.4 Å². The number of halogens is 1. The molecular formula is C5H8FNO. The second-order valence-corrected chi connectivity index (χ2v) is 1.48. The zero-order valence-corrected chi connectivity index (χ0v) is 4.47. The van der Waals surface area contributed by atoms with Crippen molar-refractivity contribution in [3.63, 3.8) is 0 Å². The highest BCUT2D eigenvalue weighted by Crippen LogP contribution is 1.98. The molecule has 0 amide bonds. The van der Waals surface area contributed by atoms with Crippen LogP contribution in [0.3, 0.4) is 0 Å². The van der Waals surface area contributed by atoms with Gasteiger partial charge in [0.25, 0.3) is 0 Å². The smallest absolute Gasteiger partial charge is 0.124 e. The molecule has 46 valence electrons. The largest absolute Gasteiger partial charge is 0.393 e. The fraction of sp³-hybridized carbons (Fsp3) is 0.800. The summed E-state index contributed by atoms with van der Waals surface area (Å²) in [4.78, 5) is 0. The number of hydrogen-bond acceptors (Lipinski definition) is 2. The molecule has 0 unspecified atom stereocenters. The van der Waals surface area contributed by atoms with Crippen molar-refractivity contribution < 1.29 is 9.50 Å². The van der Waals surface area contributed by atoms with E-state index in [1.165, 1.54) is 0 Å². The summed E-state index contributed by atoms with van der Waals surface area (Å²) >= 11 is 0. The number of aliphatic hydroxyl groups is 1. The van der Waals surface area contributed by atoms with E-state index >= 15 is 0 Å². The van der Waals surface area contributed by atoms with E-state index in [1.54, 1.807) is 6.07 Å². The van der Waals surface area contributed by atoms with Gasteiger partial charge in [0.1, 0.15) is 6.17 Å². The third kappa shape index (κ3) is 3.57. The van der Waals surface area contributed by atoms with Crippen molar-refractivity contribution in [2.45, 2.75) is 19.0 Å². The summed E-state index contributed by atoms with van der Waals surface area (Å²) in [6.45, 7) is -0.471. The highest BCUT2D eigenvalue weighted by atomic mass is 19.1. The molecule has 0 aromatic rings. The number of nitrogens with zero attached hydrogens (tertiary/aromatic N) is 1. The lowest BCUT2D eigenvalue weighted by molar-refractivity contribution is 0.171. The minimum Gasteiger partial charge on any atom is -0.393 e. The Kier molecular flexibility index (Phi) is 4.19. The Bertz CT molecular complexity index is 88.9. The average molecular weight is 117 g/mol. The third-order valence-electron chi connectivity index (χ3n) is 0.767. The summed E-state index contributed by atoms with van der Waals surface area (Å²) in [5.41, 5.74) is 0. The summed E-state index contributed by atoms with van der Waals surface area (Å²) in [7, 11) is 0. The molecule has 1 atom stereocenters. The lowest BCUT2D eigenvalue weighted by Crippen LogP contribution is -2.04. The van der Waals surface area contributed by atoms with Crippen molar-refractivity contribution in [3.05, 3.63) is 0 Å². The van der Waals surface area contributed by atoms with Gasteiger partial charge in [-0.15, -0.1) is 0 Å². The van der Waals surface area contributed by atoms with E-state index in [1.807, 2.05) is 0 Å². The minimum absolute atomic E-state index is 0.146. The summed E-state index contributed by atoms with van der Waals surface area (Å²) < 4.78 is 11.9. The van der Waals surface area contributed by atoms with E-state index in [-0.39, 0.29) is 12.8 Å². The molecule has 0 aliphatic carbocycles. The van der Waals surface area contributed by atoms with E-state index < -0.39 is 12.8 Å². The molecule has 2 nitrogen and oxygen atoms in total. The van der Waals surface area contributed by atoms with Crippen LogP contribution in [0.2, 0.25) is 0 Å². The van der Waals surface area contributed by atoms with Gasteiger partial charge < -0.3 is 5.11 Å². The minimum atomic E-state index is -1.21. The first-order valence-electron chi connectivity index (χ1n) is 2.43. The van der Waals surface area contributed by atoms with Gasteiger partial charge in [0.15, 0.2) is 0 Å². The van der Waals surface area contributed by atoms with Gasteiger partial charge in [-0.2, -0.15) is 5.26 Å². The molecule has 0 spiro atoms. The third-order valence-corrected chi connectivity index (χ3v) is 0.767. The van der Waals surface area contributed by atoms with E-state index in [0.717, 1.165) is 0 Å². The Labute approximate surface area is 47.6 Å². The number of rotatable bonds is 3. The monoisotopic (exact) mass is 117 g/mol. The summed E-state index contributed by atoms with van der Waals surface area (Å²) in [6, 6.07) is 1.78. The summed E-state index contributed by atoms with van der Waals surface area (Å²) in [5.74, 6) is 0. The van der Waals surface area contributed by atoms with E-state index in [0.29, 0.717) is 0 Å². The van der Waals surface area contributed by atoms with Crippen LogP contribution in [0.1, 0.15) is 12.8 Å². The lowest BCUT2D eigenvalue weighted by Gasteiger charge is -1.96. The van der Waals surface area contributed by atoms with Crippen LogP contribution in [0.4, 0.5) is 4.39 Å². The van der Waals surface area contributed by atoms with Gasteiger partial charge in [-0.25, -0.2) is 4.39 Å². The van der Waals surface area contributed by atoms with Crippen molar-refractivity contribution in [2.24, 2.45) is 0 Å². The maximum atomic E-state index is 11.9. The second kappa shape index (κ2) is 4.54. The molecule has 8 heavy (non-hydrogen) atoms. The van der Waals surface area contributed by atoms with Crippen LogP contribution < -0.4 is 0 Å². The molecule has 0 saturated heterocycles. The van der Waals surface area contributed by atoms with Crippen molar-refractivity contribution in [3.8, 4) is 6.07 Å². The van der Waals surface area contributed by atoms with Crippen LogP contribution in [-0.2, 0) is 0 Å². The topological polar surface area (TPSA) is 44.0 Å². The highest BCUT2D eigenvalue weighted by molar-refractivity contribution is 4.70. The molecule has 0 bridgehead atoms. The first kappa shape index (κ1) is 7.38. The first-order chi connectivity index (χ1) is 3.81. The van der Waals surface area contributed by atoms with Crippen molar-refractivity contribution in [2.75, 3.05) is 6.61 Å². The van der Waals surface area contributed by atoms with Gasteiger partial charge >= 0.3 is 0 Å². The molecule has 0 aliphatic heterocycles. The fourth-order valence-corrected chi connectivity index (χ4v) is 0.312. The molecule has 0 heterocycles. The lowest BCUT2D eigenvalue weighted by atomic mass is 10.2. The van der Waals surface area contributed by atoms with Gasteiger partial charge in [-0.3, -0.25) is 0 Å². The molecule has 0 radical (unpaired) electrons. The summed E-state index contributed by atoms with van der Waals surface area (Å²) in [6.07, 6.45) is -0.885. The fourth-order valence-electron chi connectivity index (χ4n) is 0.312. The van der Waals surface area contributed by atoms with E-state index in [2.05, 4.69) is 0 Å². The Balaban J connectivity index is 3.01. The number of alkyl halides is 1. The van der Waals surface area contributed by atoms with Crippen LogP contribution >= 0.6 is 0 Å². The normalized spacial score (nSPS) is 12.6. The Morgan fingerprint density at radius 2 is 2.38 bits per heavy atom.